The summed E-state index contributed by atoms with van der Waals surface area (Å²) < 4.78 is 16.6. The molecule has 1 N–H and O–H groups in total. The molecule has 0 saturated carbocycles. The van der Waals surface area contributed by atoms with Crippen molar-refractivity contribution in [2.24, 2.45) is 0 Å². The Morgan fingerprint density at radius 1 is 1.03 bits per heavy atom. The maximum atomic E-state index is 12.4. The average molecular weight is 436 g/mol. The molecule has 2 heterocycles. The molecular weight excluding hydrogens is 416 g/mol. The Kier molecular flexibility index (Phi) is 5.63. The van der Waals surface area contributed by atoms with E-state index in [1.54, 1.807) is 37.1 Å². The third kappa shape index (κ3) is 4.24. The number of hydrogen-bond acceptors (Lipinski definition) is 8. The van der Waals surface area contributed by atoms with Crippen LogP contribution in [-0.4, -0.2) is 44.5 Å². The lowest BCUT2D eigenvalue weighted by molar-refractivity contribution is 0.102. The Bertz CT molecular complexity index is 1210. The number of carbonyl (C=O) groups excluding carboxylic acids is 1. The molecule has 2 aromatic heterocycles. The Hall–Kier alpha value is -3.79. The Balaban J connectivity index is 1.58. The molecule has 0 aliphatic carbocycles. The fourth-order valence-electron chi connectivity index (χ4n) is 2.94. The van der Waals surface area contributed by atoms with Crippen molar-refractivity contribution in [1.29, 1.82) is 0 Å². The third-order valence-electron chi connectivity index (χ3n) is 4.65. The Labute approximate surface area is 182 Å². The van der Waals surface area contributed by atoms with Crippen LogP contribution in [0, 0.1) is 13.8 Å². The molecule has 0 atom stereocenters. The molecule has 158 valence electrons. The number of methoxy groups -OCH3 is 2. The number of benzene rings is 2. The highest BCUT2D eigenvalue weighted by molar-refractivity contribution is 7.10. The number of aromatic nitrogens is 5. The number of nitrogens with zero attached hydrogens (tertiary/aromatic N) is 5. The van der Waals surface area contributed by atoms with Crippen LogP contribution in [0.3, 0.4) is 0 Å². The summed E-state index contributed by atoms with van der Waals surface area (Å²) in [6, 6.07) is 12.7. The predicted octanol–water partition coefficient (Wildman–Crippen LogP) is 3.67. The smallest absolute Gasteiger partial charge is 0.257 e. The molecule has 1 amide bonds. The number of anilines is 1. The van der Waals surface area contributed by atoms with E-state index in [0.717, 1.165) is 28.5 Å². The maximum absolute atomic E-state index is 12.4. The first kappa shape index (κ1) is 20.5. The molecule has 0 aliphatic heterocycles. The number of ether oxygens (including phenoxy) is 2. The number of amides is 1. The van der Waals surface area contributed by atoms with Crippen molar-refractivity contribution >= 4 is 22.6 Å². The summed E-state index contributed by atoms with van der Waals surface area (Å²) in [7, 11) is 3.17. The van der Waals surface area contributed by atoms with Crippen LogP contribution in [0.15, 0.2) is 42.5 Å². The molecule has 31 heavy (non-hydrogen) atoms. The first-order valence-electron chi connectivity index (χ1n) is 9.36. The van der Waals surface area contributed by atoms with Crippen LogP contribution in [0.2, 0.25) is 0 Å². The highest BCUT2D eigenvalue weighted by atomic mass is 32.1. The standard InChI is InChI=1S/C21H20N6O3S/c1-12-5-7-14(8-6-12)20(28)23-21-22-19(25-31-21)18-13(2)27(26-24-18)15-9-16(29-3)11-17(10-15)30-4/h5-11H,1-4H3,(H,22,23,25,28). The van der Waals surface area contributed by atoms with E-state index in [1.807, 2.05) is 38.1 Å². The van der Waals surface area contributed by atoms with Crippen molar-refractivity contribution in [3.05, 3.63) is 59.3 Å². The van der Waals surface area contributed by atoms with Crippen LogP contribution in [0.1, 0.15) is 21.6 Å². The molecule has 0 radical (unpaired) electrons. The first-order chi connectivity index (χ1) is 15.0. The molecule has 9 nitrogen and oxygen atoms in total. The van der Waals surface area contributed by atoms with Gasteiger partial charge in [-0.15, -0.1) is 5.10 Å². The zero-order chi connectivity index (χ0) is 22.0. The second kappa shape index (κ2) is 8.52. The van der Waals surface area contributed by atoms with E-state index < -0.39 is 0 Å². The molecule has 10 heteroatoms. The van der Waals surface area contributed by atoms with Crippen LogP contribution in [0.5, 0.6) is 11.5 Å². The van der Waals surface area contributed by atoms with Gasteiger partial charge in [0.05, 0.1) is 25.6 Å². The minimum absolute atomic E-state index is 0.244. The largest absolute Gasteiger partial charge is 0.497 e. The van der Waals surface area contributed by atoms with Crippen molar-refractivity contribution in [2.75, 3.05) is 19.5 Å². The number of hydrogen-bond donors (Lipinski definition) is 1. The van der Waals surface area contributed by atoms with Crippen LogP contribution >= 0.6 is 11.5 Å². The van der Waals surface area contributed by atoms with Gasteiger partial charge < -0.3 is 9.47 Å². The van der Waals surface area contributed by atoms with E-state index in [2.05, 4.69) is 25.0 Å². The van der Waals surface area contributed by atoms with Gasteiger partial charge in [-0.3, -0.25) is 10.1 Å². The predicted molar refractivity (Wildman–Crippen MR) is 117 cm³/mol. The van der Waals surface area contributed by atoms with Crippen LogP contribution in [0.25, 0.3) is 17.2 Å². The van der Waals surface area contributed by atoms with Gasteiger partial charge in [-0.05, 0) is 26.0 Å². The lowest BCUT2D eigenvalue weighted by Crippen LogP contribution is -2.11. The van der Waals surface area contributed by atoms with Crippen molar-refractivity contribution in [3.8, 4) is 28.7 Å². The summed E-state index contributed by atoms with van der Waals surface area (Å²) in [4.78, 5) is 16.8. The fraction of sp³-hybridized carbons (Fsp3) is 0.190. The minimum atomic E-state index is -0.244. The molecule has 0 aliphatic rings. The summed E-state index contributed by atoms with van der Waals surface area (Å²) in [5, 5.41) is 11.6. The topological polar surface area (TPSA) is 104 Å². The van der Waals surface area contributed by atoms with Gasteiger partial charge in [0.25, 0.3) is 5.91 Å². The number of rotatable bonds is 6. The van der Waals surface area contributed by atoms with Gasteiger partial charge in [0, 0.05) is 35.3 Å². The van der Waals surface area contributed by atoms with Gasteiger partial charge in [-0.1, -0.05) is 22.9 Å². The summed E-state index contributed by atoms with van der Waals surface area (Å²) in [5.74, 6) is 1.42. The van der Waals surface area contributed by atoms with Crippen molar-refractivity contribution in [1.82, 2.24) is 24.4 Å². The summed E-state index contributed by atoms with van der Waals surface area (Å²) in [6.45, 7) is 3.84. The fourth-order valence-corrected chi connectivity index (χ4v) is 3.51. The lowest BCUT2D eigenvalue weighted by atomic mass is 10.1. The lowest BCUT2D eigenvalue weighted by Gasteiger charge is -2.09. The van der Waals surface area contributed by atoms with Crippen LogP contribution in [0.4, 0.5) is 5.13 Å². The zero-order valence-corrected chi connectivity index (χ0v) is 18.2. The molecule has 0 saturated heterocycles. The second-order valence-electron chi connectivity index (χ2n) is 6.75. The van der Waals surface area contributed by atoms with E-state index in [0.29, 0.717) is 33.7 Å². The van der Waals surface area contributed by atoms with Crippen molar-refractivity contribution in [3.63, 3.8) is 0 Å². The van der Waals surface area contributed by atoms with E-state index in [9.17, 15) is 4.79 Å². The molecule has 0 bridgehead atoms. The molecule has 4 rings (SSSR count). The van der Waals surface area contributed by atoms with E-state index in [-0.39, 0.29) is 5.91 Å². The molecular formula is C21H20N6O3S. The minimum Gasteiger partial charge on any atom is -0.497 e. The Morgan fingerprint density at radius 3 is 2.35 bits per heavy atom. The van der Waals surface area contributed by atoms with Gasteiger partial charge in [-0.25, -0.2) is 4.68 Å². The molecule has 0 unspecified atom stereocenters. The number of carbonyl (C=O) groups is 1. The van der Waals surface area contributed by atoms with Gasteiger partial charge in [0.15, 0.2) is 11.5 Å². The quantitative estimate of drug-likeness (QED) is 0.492. The van der Waals surface area contributed by atoms with Gasteiger partial charge in [0.2, 0.25) is 5.13 Å². The van der Waals surface area contributed by atoms with Gasteiger partial charge in [0.1, 0.15) is 11.5 Å². The van der Waals surface area contributed by atoms with Crippen LogP contribution < -0.4 is 14.8 Å². The monoisotopic (exact) mass is 436 g/mol. The number of nitrogens with one attached hydrogen (secondary N) is 1. The Morgan fingerprint density at radius 2 is 1.71 bits per heavy atom. The summed E-state index contributed by atoms with van der Waals surface area (Å²) in [6.07, 6.45) is 0. The second-order valence-corrected chi connectivity index (χ2v) is 7.50. The highest BCUT2D eigenvalue weighted by Crippen LogP contribution is 2.28. The third-order valence-corrected chi connectivity index (χ3v) is 5.28. The zero-order valence-electron chi connectivity index (χ0n) is 17.4. The van der Waals surface area contributed by atoms with Crippen molar-refractivity contribution in [2.45, 2.75) is 13.8 Å². The SMILES string of the molecule is COc1cc(OC)cc(-n2nnc(-c3nsc(NC(=O)c4ccc(C)cc4)n3)c2C)c1. The molecule has 0 fully saturated rings. The normalized spacial score (nSPS) is 10.7. The summed E-state index contributed by atoms with van der Waals surface area (Å²) >= 11 is 1.09. The molecule has 4 aromatic rings. The van der Waals surface area contributed by atoms with E-state index in [1.165, 1.54) is 0 Å². The first-order valence-corrected chi connectivity index (χ1v) is 10.1. The average Bonchev–Trinajstić information content (AvgIpc) is 3.39. The highest BCUT2D eigenvalue weighted by Gasteiger charge is 2.18. The number of aryl methyl sites for hydroxylation is 1. The maximum Gasteiger partial charge on any atom is 0.257 e. The van der Waals surface area contributed by atoms with Gasteiger partial charge in [-0.2, -0.15) is 9.36 Å². The van der Waals surface area contributed by atoms with E-state index in [4.69, 9.17) is 9.47 Å². The molecule has 2 aromatic carbocycles. The van der Waals surface area contributed by atoms with Crippen LogP contribution in [-0.2, 0) is 0 Å². The van der Waals surface area contributed by atoms with Crippen molar-refractivity contribution < 1.29 is 14.3 Å². The molecule has 0 spiro atoms. The summed E-state index contributed by atoms with van der Waals surface area (Å²) in [5.41, 5.74) is 3.63. The van der Waals surface area contributed by atoms with E-state index >= 15 is 0 Å². The van der Waals surface area contributed by atoms with Gasteiger partial charge >= 0.3 is 0 Å².